The molecule has 156 valence electrons. The van der Waals surface area contributed by atoms with Gasteiger partial charge in [-0.25, -0.2) is 0 Å². The summed E-state index contributed by atoms with van der Waals surface area (Å²) in [5, 5.41) is -0.319. The maximum absolute atomic E-state index is 12.9. The summed E-state index contributed by atoms with van der Waals surface area (Å²) in [5.74, 6) is -1.38. The molecule has 1 saturated heterocycles. The van der Waals surface area contributed by atoms with Crippen molar-refractivity contribution in [3.63, 3.8) is 0 Å². The number of fused-ring (bicyclic) bond motifs is 1. The van der Waals surface area contributed by atoms with Gasteiger partial charge in [0, 0.05) is 25.4 Å². The van der Waals surface area contributed by atoms with Gasteiger partial charge >= 0.3 is 0 Å². The molecule has 0 aliphatic carbocycles. The average Bonchev–Trinajstić information content (AvgIpc) is 3.23. The van der Waals surface area contributed by atoms with E-state index in [0.717, 1.165) is 10.5 Å². The molecule has 2 atom stereocenters. The van der Waals surface area contributed by atoms with E-state index >= 15 is 0 Å². The van der Waals surface area contributed by atoms with Crippen LogP contribution in [0, 0.1) is 5.92 Å². The van der Waals surface area contributed by atoms with E-state index in [-0.39, 0.29) is 62.0 Å². The van der Waals surface area contributed by atoms with Crippen molar-refractivity contribution in [1.82, 2.24) is 9.80 Å². The summed E-state index contributed by atoms with van der Waals surface area (Å²) in [5.41, 5.74) is 0.940. The van der Waals surface area contributed by atoms with Crippen LogP contribution in [0.1, 0.15) is 45.7 Å². The number of carbonyl (C=O) groups is 3. The number of benzene rings is 2. The van der Waals surface area contributed by atoms with Crippen molar-refractivity contribution in [3.05, 3.63) is 67.1 Å². The Kier molecular flexibility index (Phi) is 5.75. The minimum absolute atomic E-state index is 0.0184. The van der Waals surface area contributed by atoms with Crippen LogP contribution in [-0.4, -0.2) is 40.6 Å². The van der Waals surface area contributed by atoms with Gasteiger partial charge < -0.3 is 4.90 Å². The zero-order valence-electron chi connectivity index (χ0n) is 15.8. The van der Waals surface area contributed by atoms with Gasteiger partial charge in [-0.15, -0.1) is 0 Å². The van der Waals surface area contributed by atoms with Crippen LogP contribution in [0.5, 0.6) is 0 Å². The molecule has 0 radical (unpaired) electrons. The lowest BCUT2D eigenvalue weighted by Gasteiger charge is -2.26. The van der Waals surface area contributed by atoms with Crippen LogP contribution in [0.25, 0.3) is 0 Å². The second kappa shape index (κ2) is 8.04. The number of rotatable bonds is 4. The highest BCUT2D eigenvalue weighted by Crippen LogP contribution is 2.45. The van der Waals surface area contributed by atoms with Crippen LogP contribution in [0.4, 0.5) is 0 Å². The Morgan fingerprint density at radius 1 is 0.900 bits per heavy atom. The Labute approximate surface area is 193 Å². The van der Waals surface area contributed by atoms with E-state index in [1.165, 1.54) is 0 Å². The van der Waals surface area contributed by atoms with Gasteiger partial charge in [0.2, 0.25) is 5.91 Å². The molecule has 2 unspecified atom stereocenters. The first-order valence-electron chi connectivity index (χ1n) is 9.28. The molecule has 2 aliphatic rings. The molecule has 2 aliphatic heterocycles. The van der Waals surface area contributed by atoms with Crippen LogP contribution in [0.3, 0.4) is 0 Å². The summed E-state index contributed by atoms with van der Waals surface area (Å²) in [6, 6.07) is 9.59. The molecular formula is C21H16Cl4N2O3. The van der Waals surface area contributed by atoms with E-state index < -0.39 is 11.8 Å². The molecular weight excluding hydrogens is 470 g/mol. The fourth-order valence-electron chi connectivity index (χ4n) is 4.04. The summed E-state index contributed by atoms with van der Waals surface area (Å²) in [6.07, 6.45) is 0.244. The monoisotopic (exact) mass is 484 g/mol. The Morgan fingerprint density at radius 2 is 1.43 bits per heavy atom. The highest BCUT2D eigenvalue weighted by atomic mass is 35.5. The van der Waals surface area contributed by atoms with Crippen LogP contribution in [0.2, 0.25) is 20.1 Å². The van der Waals surface area contributed by atoms with Crippen molar-refractivity contribution in [2.24, 2.45) is 5.92 Å². The van der Waals surface area contributed by atoms with Crippen molar-refractivity contribution >= 4 is 64.1 Å². The summed E-state index contributed by atoms with van der Waals surface area (Å²) >= 11 is 24.4. The molecule has 0 bridgehead atoms. The van der Waals surface area contributed by atoms with Gasteiger partial charge in [-0.2, -0.15) is 0 Å². The molecule has 1 fully saturated rings. The number of hydrogen-bond donors (Lipinski definition) is 0. The predicted molar refractivity (Wildman–Crippen MR) is 117 cm³/mol. The normalized spacial score (nSPS) is 19.6. The van der Waals surface area contributed by atoms with E-state index in [0.29, 0.717) is 6.54 Å². The van der Waals surface area contributed by atoms with E-state index in [1.807, 2.05) is 37.3 Å². The SMILES string of the molecule is CC(c1ccccc1)N1CC(CN2C(=O)c3c(Cl)c(Cl)c(Cl)c(Cl)c3C2=O)CC1=O. The first-order valence-corrected chi connectivity index (χ1v) is 10.8. The standard InChI is InChI=1S/C21H16Cl4N2O3/c1-10(12-5-3-2-4-6-12)26-8-11(7-13(26)28)9-27-20(29)14-15(21(27)30)17(23)19(25)18(24)16(14)22/h2-6,10-11H,7-9H2,1H3. The summed E-state index contributed by atoms with van der Waals surface area (Å²) in [7, 11) is 0. The molecule has 0 aromatic heterocycles. The van der Waals surface area contributed by atoms with Gasteiger partial charge in [0.25, 0.3) is 11.8 Å². The Balaban J connectivity index is 1.55. The topological polar surface area (TPSA) is 57.7 Å². The Hall–Kier alpha value is -1.79. The molecule has 4 rings (SSSR count). The number of carbonyl (C=O) groups excluding carboxylic acids is 3. The lowest BCUT2D eigenvalue weighted by molar-refractivity contribution is -0.129. The molecule has 9 heteroatoms. The van der Waals surface area contributed by atoms with E-state index in [1.54, 1.807) is 4.90 Å². The van der Waals surface area contributed by atoms with Gasteiger partial charge in [-0.3, -0.25) is 19.3 Å². The molecule has 2 aromatic rings. The summed E-state index contributed by atoms with van der Waals surface area (Å²) < 4.78 is 0. The maximum atomic E-state index is 12.9. The molecule has 3 amide bonds. The number of imide groups is 1. The molecule has 2 aromatic carbocycles. The van der Waals surface area contributed by atoms with Gasteiger partial charge in [-0.05, 0) is 12.5 Å². The zero-order valence-corrected chi connectivity index (χ0v) is 18.8. The minimum Gasteiger partial charge on any atom is -0.336 e. The number of likely N-dealkylation sites (tertiary alicyclic amines) is 1. The van der Waals surface area contributed by atoms with Crippen LogP contribution in [0.15, 0.2) is 30.3 Å². The van der Waals surface area contributed by atoms with Crippen LogP contribution >= 0.6 is 46.4 Å². The fourth-order valence-corrected chi connectivity index (χ4v) is 5.05. The quantitative estimate of drug-likeness (QED) is 0.326. The van der Waals surface area contributed by atoms with Crippen molar-refractivity contribution in [2.45, 2.75) is 19.4 Å². The average molecular weight is 486 g/mol. The first kappa shape index (κ1) is 21.4. The van der Waals surface area contributed by atoms with E-state index in [9.17, 15) is 14.4 Å². The zero-order chi connectivity index (χ0) is 21.7. The van der Waals surface area contributed by atoms with Crippen molar-refractivity contribution in [1.29, 1.82) is 0 Å². The number of halogens is 4. The minimum atomic E-state index is -0.581. The van der Waals surface area contributed by atoms with Gasteiger partial charge in [0.15, 0.2) is 0 Å². The second-order valence-electron chi connectivity index (χ2n) is 7.43. The molecule has 30 heavy (non-hydrogen) atoms. The van der Waals surface area contributed by atoms with Crippen LogP contribution < -0.4 is 0 Å². The summed E-state index contributed by atoms with van der Waals surface area (Å²) in [6.45, 7) is 2.48. The number of nitrogens with zero attached hydrogens (tertiary/aromatic N) is 2. The highest BCUT2D eigenvalue weighted by molar-refractivity contribution is 6.55. The second-order valence-corrected chi connectivity index (χ2v) is 8.94. The van der Waals surface area contributed by atoms with Gasteiger partial charge in [-0.1, -0.05) is 76.7 Å². The molecule has 0 N–H and O–H groups in total. The summed E-state index contributed by atoms with van der Waals surface area (Å²) in [4.78, 5) is 41.3. The fraction of sp³-hybridized carbons (Fsp3) is 0.286. The molecule has 5 nitrogen and oxygen atoms in total. The van der Waals surface area contributed by atoms with E-state index in [2.05, 4.69) is 0 Å². The first-order chi connectivity index (χ1) is 14.2. The predicted octanol–water partition coefficient (Wildman–Crippen LogP) is 5.51. The molecule has 0 spiro atoms. The lowest BCUT2D eigenvalue weighted by Crippen LogP contribution is -2.36. The van der Waals surface area contributed by atoms with Gasteiger partial charge in [0.1, 0.15) is 0 Å². The molecule has 2 heterocycles. The smallest absolute Gasteiger partial charge is 0.263 e. The van der Waals surface area contributed by atoms with Crippen molar-refractivity contribution in [2.75, 3.05) is 13.1 Å². The molecule has 0 saturated carbocycles. The third-order valence-electron chi connectivity index (χ3n) is 5.61. The van der Waals surface area contributed by atoms with Crippen LogP contribution in [-0.2, 0) is 4.79 Å². The van der Waals surface area contributed by atoms with Crippen molar-refractivity contribution < 1.29 is 14.4 Å². The Bertz CT molecular complexity index is 1030. The number of hydrogen-bond acceptors (Lipinski definition) is 3. The van der Waals surface area contributed by atoms with Crippen molar-refractivity contribution in [3.8, 4) is 0 Å². The maximum Gasteiger partial charge on any atom is 0.263 e. The highest BCUT2D eigenvalue weighted by Gasteiger charge is 2.44. The third-order valence-corrected chi connectivity index (χ3v) is 7.42. The number of amides is 3. The van der Waals surface area contributed by atoms with Gasteiger partial charge in [0.05, 0.1) is 37.3 Å². The Morgan fingerprint density at radius 3 is 1.97 bits per heavy atom. The lowest BCUT2D eigenvalue weighted by atomic mass is 10.1. The van der Waals surface area contributed by atoms with E-state index in [4.69, 9.17) is 46.4 Å². The third kappa shape index (κ3) is 3.38. The largest absolute Gasteiger partial charge is 0.336 e.